The van der Waals surface area contributed by atoms with Gasteiger partial charge in [0.15, 0.2) is 0 Å². The summed E-state index contributed by atoms with van der Waals surface area (Å²) >= 11 is 0. The number of nitro benzene ring substituents is 1. The van der Waals surface area contributed by atoms with Gasteiger partial charge in [-0.3, -0.25) is 10.1 Å². The number of para-hydroxylation sites is 1. The molecule has 0 amide bonds. The summed E-state index contributed by atoms with van der Waals surface area (Å²) in [5.41, 5.74) is 1.45. The molecule has 0 spiro atoms. The van der Waals surface area contributed by atoms with E-state index in [1.807, 2.05) is 6.07 Å². The molecule has 0 saturated carbocycles. The molecule has 0 heterocycles. The quantitative estimate of drug-likeness (QED) is 0.516. The summed E-state index contributed by atoms with van der Waals surface area (Å²) in [6.45, 7) is 3.47. The van der Waals surface area contributed by atoms with Crippen molar-refractivity contribution in [3.05, 3.63) is 69.3 Å². The lowest BCUT2D eigenvalue weighted by Crippen LogP contribution is -2.19. The highest BCUT2D eigenvalue weighted by molar-refractivity contribution is 7.89. The summed E-state index contributed by atoms with van der Waals surface area (Å²) in [5, 5.41) is 14.5. The van der Waals surface area contributed by atoms with E-state index in [0.717, 1.165) is 11.8 Å². The molecule has 7 nitrogen and oxygen atoms in total. The van der Waals surface area contributed by atoms with E-state index in [1.54, 1.807) is 26.0 Å². The highest BCUT2D eigenvalue weighted by atomic mass is 32.2. The van der Waals surface area contributed by atoms with Crippen LogP contribution in [0.4, 0.5) is 5.69 Å². The van der Waals surface area contributed by atoms with Gasteiger partial charge in [-0.15, -0.1) is 0 Å². The van der Waals surface area contributed by atoms with Crippen molar-refractivity contribution in [2.45, 2.75) is 18.7 Å². The lowest BCUT2D eigenvalue weighted by atomic mass is 10.2. The number of nitrogens with zero attached hydrogens (tertiary/aromatic N) is 2. The van der Waals surface area contributed by atoms with Crippen LogP contribution in [0.2, 0.25) is 0 Å². The van der Waals surface area contributed by atoms with Gasteiger partial charge in [-0.25, -0.2) is 4.83 Å². The third-order valence-corrected chi connectivity index (χ3v) is 4.51. The topological polar surface area (TPSA) is 102 Å². The maximum Gasteiger partial charge on any atom is 0.278 e. The molecular formula is C15H15N3O4S. The molecule has 0 aliphatic carbocycles. The number of hydrogen-bond acceptors (Lipinski definition) is 5. The predicted octanol–water partition coefficient (Wildman–Crippen LogP) is 2.52. The van der Waals surface area contributed by atoms with Crippen LogP contribution in [0.15, 0.2) is 52.5 Å². The van der Waals surface area contributed by atoms with Crippen molar-refractivity contribution in [2.24, 2.45) is 5.10 Å². The highest BCUT2D eigenvalue weighted by Gasteiger charge is 2.16. The van der Waals surface area contributed by atoms with Crippen molar-refractivity contribution in [1.82, 2.24) is 4.83 Å². The molecule has 0 fully saturated rings. The molecule has 0 saturated heterocycles. The number of nitro groups is 1. The largest absolute Gasteiger partial charge is 0.278 e. The zero-order valence-electron chi connectivity index (χ0n) is 12.6. The minimum Gasteiger partial charge on any atom is -0.258 e. The average molecular weight is 333 g/mol. The molecule has 0 aromatic heterocycles. The van der Waals surface area contributed by atoms with Crippen molar-refractivity contribution in [2.75, 3.05) is 0 Å². The van der Waals surface area contributed by atoms with Crippen LogP contribution in [0, 0.1) is 24.0 Å². The molecule has 2 rings (SSSR count). The number of rotatable bonds is 5. The van der Waals surface area contributed by atoms with E-state index < -0.39 is 14.9 Å². The second-order valence-corrected chi connectivity index (χ2v) is 6.57. The first kappa shape index (κ1) is 16.6. The summed E-state index contributed by atoms with van der Waals surface area (Å²) in [6.07, 6.45) is 1.11. The van der Waals surface area contributed by atoms with E-state index in [9.17, 15) is 18.5 Å². The number of hydrazone groups is 1. The molecule has 120 valence electrons. The van der Waals surface area contributed by atoms with E-state index in [2.05, 4.69) is 9.93 Å². The fraction of sp³-hybridized carbons (Fsp3) is 0.133. The Balaban J connectivity index is 2.26. The summed E-state index contributed by atoms with van der Waals surface area (Å²) in [5.74, 6) is 0. The van der Waals surface area contributed by atoms with E-state index in [4.69, 9.17) is 0 Å². The molecule has 0 atom stereocenters. The number of hydrogen-bond donors (Lipinski definition) is 1. The molecular weight excluding hydrogens is 318 g/mol. The Hall–Kier alpha value is -2.74. The summed E-state index contributed by atoms with van der Waals surface area (Å²) in [6, 6.07) is 11.0. The molecule has 0 bridgehead atoms. The van der Waals surface area contributed by atoms with E-state index in [1.165, 1.54) is 24.3 Å². The summed E-state index contributed by atoms with van der Waals surface area (Å²) < 4.78 is 24.5. The van der Waals surface area contributed by atoms with Gasteiger partial charge in [0.1, 0.15) is 0 Å². The minimum atomic E-state index is -3.83. The Labute approximate surface area is 133 Å². The van der Waals surface area contributed by atoms with Gasteiger partial charge in [-0.05, 0) is 37.1 Å². The third-order valence-electron chi connectivity index (χ3n) is 3.14. The smallest absolute Gasteiger partial charge is 0.258 e. The summed E-state index contributed by atoms with van der Waals surface area (Å²) in [7, 11) is -3.83. The molecule has 2 aromatic rings. The Bertz CT molecular complexity index is 876. The predicted molar refractivity (Wildman–Crippen MR) is 86.9 cm³/mol. The van der Waals surface area contributed by atoms with Gasteiger partial charge < -0.3 is 0 Å². The number of sulfonamides is 1. The standard InChI is InChI=1S/C15H15N3O4S/c1-11-7-8-12(2)15(9-11)23(21,22)17-16-10-13-5-3-4-6-14(13)18(19)20/h3-10,17H,1-2H3/b16-10-. The normalized spacial score (nSPS) is 11.6. The fourth-order valence-electron chi connectivity index (χ4n) is 1.97. The first-order valence-electron chi connectivity index (χ1n) is 6.67. The van der Waals surface area contributed by atoms with Crippen molar-refractivity contribution < 1.29 is 13.3 Å². The molecule has 0 aliphatic rings. The maximum atomic E-state index is 12.3. The van der Waals surface area contributed by atoms with Crippen LogP contribution in [0.25, 0.3) is 0 Å². The van der Waals surface area contributed by atoms with Crippen LogP contribution in [0.1, 0.15) is 16.7 Å². The van der Waals surface area contributed by atoms with E-state index in [-0.39, 0.29) is 16.1 Å². The van der Waals surface area contributed by atoms with Crippen molar-refractivity contribution in [3.8, 4) is 0 Å². The minimum absolute atomic E-state index is 0.122. The van der Waals surface area contributed by atoms with Crippen LogP contribution in [0.3, 0.4) is 0 Å². The second kappa shape index (κ2) is 6.57. The van der Waals surface area contributed by atoms with E-state index >= 15 is 0 Å². The Morgan fingerprint density at radius 3 is 2.57 bits per heavy atom. The van der Waals surface area contributed by atoms with Gasteiger partial charge in [0, 0.05) is 6.07 Å². The van der Waals surface area contributed by atoms with Crippen LogP contribution >= 0.6 is 0 Å². The number of nitrogens with one attached hydrogen (secondary N) is 1. The molecule has 8 heteroatoms. The van der Waals surface area contributed by atoms with Crippen molar-refractivity contribution in [1.29, 1.82) is 0 Å². The van der Waals surface area contributed by atoms with Crippen LogP contribution in [-0.4, -0.2) is 19.6 Å². The lowest BCUT2D eigenvalue weighted by molar-refractivity contribution is -0.385. The molecule has 23 heavy (non-hydrogen) atoms. The monoisotopic (exact) mass is 333 g/mol. The Morgan fingerprint density at radius 2 is 1.87 bits per heavy atom. The third kappa shape index (κ3) is 3.92. The van der Waals surface area contributed by atoms with Gasteiger partial charge >= 0.3 is 0 Å². The van der Waals surface area contributed by atoms with Crippen LogP contribution < -0.4 is 4.83 Å². The van der Waals surface area contributed by atoms with Gasteiger partial charge in [-0.2, -0.15) is 13.5 Å². The molecule has 2 aromatic carbocycles. The van der Waals surface area contributed by atoms with Gasteiger partial charge in [0.05, 0.1) is 21.6 Å². The maximum absolute atomic E-state index is 12.3. The highest BCUT2D eigenvalue weighted by Crippen LogP contribution is 2.17. The van der Waals surface area contributed by atoms with Gasteiger partial charge in [0.2, 0.25) is 0 Å². The number of benzene rings is 2. The second-order valence-electron chi connectivity index (χ2n) is 4.94. The first-order valence-corrected chi connectivity index (χ1v) is 8.15. The SMILES string of the molecule is Cc1ccc(C)c(S(=O)(=O)N/N=C\c2ccccc2[N+](=O)[O-])c1. The molecule has 1 N–H and O–H groups in total. The molecule has 0 radical (unpaired) electrons. The first-order chi connectivity index (χ1) is 10.8. The Morgan fingerprint density at radius 1 is 1.17 bits per heavy atom. The van der Waals surface area contributed by atoms with Crippen molar-refractivity contribution in [3.63, 3.8) is 0 Å². The van der Waals surface area contributed by atoms with Gasteiger partial charge in [0.25, 0.3) is 15.7 Å². The lowest BCUT2D eigenvalue weighted by Gasteiger charge is -2.07. The summed E-state index contributed by atoms with van der Waals surface area (Å²) in [4.78, 5) is 12.5. The van der Waals surface area contributed by atoms with Crippen LogP contribution in [-0.2, 0) is 10.0 Å². The fourth-order valence-corrected chi connectivity index (χ4v) is 3.10. The zero-order valence-corrected chi connectivity index (χ0v) is 13.4. The van der Waals surface area contributed by atoms with Crippen LogP contribution in [0.5, 0.6) is 0 Å². The Kier molecular flexibility index (Phi) is 4.75. The van der Waals surface area contributed by atoms with E-state index in [0.29, 0.717) is 5.56 Å². The van der Waals surface area contributed by atoms with Gasteiger partial charge in [-0.1, -0.05) is 24.3 Å². The molecule has 0 unspecified atom stereocenters. The molecule has 0 aliphatic heterocycles. The number of aryl methyl sites for hydroxylation is 2. The van der Waals surface area contributed by atoms with Crippen molar-refractivity contribution >= 4 is 21.9 Å². The average Bonchev–Trinajstić information content (AvgIpc) is 2.49. The zero-order chi connectivity index (χ0) is 17.0.